The lowest BCUT2D eigenvalue weighted by Gasteiger charge is -2.36. The average Bonchev–Trinajstić information content (AvgIpc) is 2.38. The summed E-state index contributed by atoms with van der Waals surface area (Å²) < 4.78 is 5.70. The third-order valence-corrected chi connectivity index (χ3v) is 3.01. The Labute approximate surface area is 108 Å². The Hall–Kier alpha value is -1.42. The molecule has 1 amide bonds. The summed E-state index contributed by atoms with van der Waals surface area (Å²) in [5.41, 5.74) is 0.551. The van der Waals surface area contributed by atoms with Gasteiger partial charge in [-0.1, -0.05) is 26.8 Å². The Balaban J connectivity index is 2.08. The minimum Gasteiger partial charge on any atom is -0.368 e. The molecule has 98 valence electrons. The van der Waals surface area contributed by atoms with E-state index in [1.807, 2.05) is 43.9 Å². The van der Waals surface area contributed by atoms with Crippen LogP contribution in [0.25, 0.3) is 0 Å². The van der Waals surface area contributed by atoms with Crippen molar-refractivity contribution in [2.45, 2.75) is 26.9 Å². The number of ether oxygens (including phenoxy) is 1. The van der Waals surface area contributed by atoms with Gasteiger partial charge in [-0.25, -0.2) is 0 Å². The monoisotopic (exact) mass is 248 g/mol. The molecule has 1 atom stereocenters. The van der Waals surface area contributed by atoms with Crippen molar-refractivity contribution in [3.05, 3.63) is 30.1 Å². The standard InChI is InChI=1S/C14H20N2O2/c1-14(2,3)13(17)16-8-9-18-12(10-16)11-6-4-5-7-15-11/h4-7,12H,8-10H2,1-3H3. The van der Waals surface area contributed by atoms with E-state index >= 15 is 0 Å². The molecule has 0 N–H and O–H groups in total. The van der Waals surface area contributed by atoms with Crippen molar-refractivity contribution in [3.8, 4) is 0 Å². The molecule has 2 heterocycles. The van der Waals surface area contributed by atoms with Gasteiger partial charge in [-0.3, -0.25) is 9.78 Å². The Kier molecular flexibility index (Phi) is 3.66. The molecule has 0 saturated carbocycles. The second-order valence-electron chi connectivity index (χ2n) is 5.62. The molecule has 18 heavy (non-hydrogen) atoms. The number of carbonyl (C=O) groups excluding carboxylic acids is 1. The molecule has 4 heteroatoms. The molecule has 1 aliphatic heterocycles. The molecule has 1 aromatic heterocycles. The molecule has 0 spiro atoms. The number of hydrogen-bond acceptors (Lipinski definition) is 3. The summed E-state index contributed by atoms with van der Waals surface area (Å²) in [5.74, 6) is 0.173. The fraction of sp³-hybridized carbons (Fsp3) is 0.571. The van der Waals surface area contributed by atoms with Crippen LogP contribution in [0.2, 0.25) is 0 Å². The van der Waals surface area contributed by atoms with E-state index in [-0.39, 0.29) is 17.4 Å². The summed E-state index contributed by atoms with van der Waals surface area (Å²) in [4.78, 5) is 18.4. The van der Waals surface area contributed by atoms with Crippen molar-refractivity contribution in [1.29, 1.82) is 0 Å². The smallest absolute Gasteiger partial charge is 0.228 e. The molecular formula is C14H20N2O2. The zero-order valence-corrected chi connectivity index (χ0v) is 11.2. The van der Waals surface area contributed by atoms with E-state index in [9.17, 15) is 4.79 Å². The predicted octanol–water partition coefficient (Wildman–Crippen LogP) is 2.03. The molecule has 0 bridgehead atoms. The number of nitrogens with zero attached hydrogens (tertiary/aromatic N) is 2. The first-order valence-corrected chi connectivity index (χ1v) is 6.30. The van der Waals surface area contributed by atoms with Gasteiger partial charge < -0.3 is 9.64 Å². The summed E-state index contributed by atoms with van der Waals surface area (Å²) >= 11 is 0. The van der Waals surface area contributed by atoms with E-state index in [1.54, 1.807) is 6.20 Å². The van der Waals surface area contributed by atoms with Gasteiger partial charge in [0.2, 0.25) is 5.91 Å². The van der Waals surface area contributed by atoms with Crippen LogP contribution in [-0.4, -0.2) is 35.5 Å². The van der Waals surface area contributed by atoms with E-state index < -0.39 is 0 Å². The van der Waals surface area contributed by atoms with Crippen LogP contribution in [0.1, 0.15) is 32.6 Å². The number of morpholine rings is 1. The van der Waals surface area contributed by atoms with E-state index in [4.69, 9.17) is 4.74 Å². The molecule has 1 aromatic rings. The van der Waals surface area contributed by atoms with E-state index in [0.717, 1.165) is 5.69 Å². The molecule has 0 radical (unpaired) electrons. The van der Waals surface area contributed by atoms with Crippen LogP contribution in [0.15, 0.2) is 24.4 Å². The number of rotatable bonds is 1. The van der Waals surface area contributed by atoms with Gasteiger partial charge in [0.05, 0.1) is 18.8 Å². The lowest BCUT2D eigenvalue weighted by molar-refractivity contribution is -0.147. The van der Waals surface area contributed by atoms with E-state index in [1.165, 1.54) is 0 Å². The molecule has 2 rings (SSSR count). The zero-order chi connectivity index (χ0) is 13.2. The average molecular weight is 248 g/mol. The number of amides is 1. The molecule has 1 saturated heterocycles. The lowest BCUT2D eigenvalue weighted by Crippen LogP contribution is -2.47. The summed E-state index contributed by atoms with van der Waals surface area (Å²) in [6.45, 7) is 7.66. The topological polar surface area (TPSA) is 42.4 Å². The highest BCUT2D eigenvalue weighted by molar-refractivity contribution is 5.81. The maximum absolute atomic E-state index is 12.2. The lowest BCUT2D eigenvalue weighted by atomic mass is 9.94. The van der Waals surface area contributed by atoms with E-state index in [0.29, 0.717) is 19.7 Å². The number of pyridine rings is 1. The van der Waals surface area contributed by atoms with Gasteiger partial charge in [-0.15, -0.1) is 0 Å². The Morgan fingerprint density at radius 2 is 2.22 bits per heavy atom. The van der Waals surface area contributed by atoms with Crippen molar-refractivity contribution in [3.63, 3.8) is 0 Å². The van der Waals surface area contributed by atoms with Crippen molar-refractivity contribution in [2.24, 2.45) is 5.41 Å². The summed E-state index contributed by atoms with van der Waals surface area (Å²) in [6, 6.07) is 5.76. The minimum atomic E-state index is -0.341. The maximum atomic E-state index is 12.2. The van der Waals surface area contributed by atoms with Gasteiger partial charge in [0.15, 0.2) is 0 Å². The largest absolute Gasteiger partial charge is 0.368 e. The van der Waals surface area contributed by atoms with Crippen LogP contribution in [0, 0.1) is 5.41 Å². The second kappa shape index (κ2) is 5.06. The highest BCUT2D eigenvalue weighted by Gasteiger charge is 2.32. The first-order chi connectivity index (χ1) is 8.48. The third-order valence-electron chi connectivity index (χ3n) is 3.01. The highest BCUT2D eigenvalue weighted by Crippen LogP contribution is 2.24. The molecule has 1 fully saturated rings. The van der Waals surface area contributed by atoms with Crippen LogP contribution >= 0.6 is 0 Å². The van der Waals surface area contributed by atoms with Gasteiger partial charge in [0.25, 0.3) is 0 Å². The molecule has 1 aliphatic rings. The van der Waals surface area contributed by atoms with Gasteiger partial charge in [-0.2, -0.15) is 0 Å². The normalized spacial score (nSPS) is 20.8. The minimum absolute atomic E-state index is 0.105. The maximum Gasteiger partial charge on any atom is 0.228 e. The van der Waals surface area contributed by atoms with Crippen LogP contribution < -0.4 is 0 Å². The SMILES string of the molecule is CC(C)(C)C(=O)N1CCOC(c2ccccn2)C1. The Morgan fingerprint density at radius 3 is 2.83 bits per heavy atom. The first-order valence-electron chi connectivity index (χ1n) is 6.30. The number of carbonyl (C=O) groups is 1. The van der Waals surface area contributed by atoms with Crippen LogP contribution in [-0.2, 0) is 9.53 Å². The van der Waals surface area contributed by atoms with Crippen molar-refractivity contribution in [1.82, 2.24) is 9.88 Å². The predicted molar refractivity (Wildman–Crippen MR) is 69.0 cm³/mol. The van der Waals surface area contributed by atoms with Gasteiger partial charge in [0.1, 0.15) is 6.10 Å². The van der Waals surface area contributed by atoms with Crippen LogP contribution in [0.3, 0.4) is 0 Å². The van der Waals surface area contributed by atoms with Crippen molar-refractivity contribution < 1.29 is 9.53 Å². The Bertz CT molecular complexity index is 412. The van der Waals surface area contributed by atoms with Crippen molar-refractivity contribution in [2.75, 3.05) is 19.7 Å². The number of aromatic nitrogens is 1. The Morgan fingerprint density at radius 1 is 1.44 bits per heavy atom. The zero-order valence-electron chi connectivity index (χ0n) is 11.2. The second-order valence-corrected chi connectivity index (χ2v) is 5.62. The molecule has 4 nitrogen and oxygen atoms in total. The first kappa shape index (κ1) is 13.0. The van der Waals surface area contributed by atoms with Crippen molar-refractivity contribution >= 4 is 5.91 Å². The van der Waals surface area contributed by atoms with Gasteiger partial charge >= 0.3 is 0 Å². The van der Waals surface area contributed by atoms with Gasteiger partial charge in [0, 0.05) is 18.2 Å². The van der Waals surface area contributed by atoms with Crippen LogP contribution in [0.4, 0.5) is 0 Å². The molecule has 1 unspecified atom stereocenters. The van der Waals surface area contributed by atoms with Gasteiger partial charge in [-0.05, 0) is 12.1 Å². The fourth-order valence-electron chi connectivity index (χ4n) is 2.05. The highest BCUT2D eigenvalue weighted by atomic mass is 16.5. The summed E-state index contributed by atoms with van der Waals surface area (Å²) in [5, 5.41) is 0. The summed E-state index contributed by atoms with van der Waals surface area (Å²) in [6.07, 6.45) is 1.65. The van der Waals surface area contributed by atoms with Crippen LogP contribution in [0.5, 0.6) is 0 Å². The number of hydrogen-bond donors (Lipinski definition) is 0. The summed E-state index contributed by atoms with van der Waals surface area (Å²) in [7, 11) is 0. The molecule has 0 aromatic carbocycles. The molecular weight excluding hydrogens is 228 g/mol. The van der Waals surface area contributed by atoms with E-state index in [2.05, 4.69) is 4.98 Å². The fourth-order valence-corrected chi connectivity index (χ4v) is 2.05. The molecule has 0 aliphatic carbocycles. The third kappa shape index (κ3) is 2.88. The quantitative estimate of drug-likeness (QED) is 0.763.